The van der Waals surface area contributed by atoms with Gasteiger partial charge >= 0.3 is 0 Å². The number of methoxy groups -OCH3 is 2. The quantitative estimate of drug-likeness (QED) is 0.459. The molecule has 0 unspecified atom stereocenters. The zero-order valence-electron chi connectivity index (χ0n) is 20.0. The second-order valence-corrected chi connectivity index (χ2v) is 9.13. The average Bonchev–Trinajstić information content (AvgIpc) is 3.30. The minimum absolute atomic E-state index is 0.00367. The number of benzene rings is 2. The number of carbonyl (C=O) groups excluding carboxylic acids is 2. The number of hydrogen-bond acceptors (Lipinski definition) is 8. The molecule has 9 nitrogen and oxygen atoms in total. The Hall–Kier alpha value is -3.37. The van der Waals surface area contributed by atoms with Gasteiger partial charge in [0.25, 0.3) is 0 Å². The van der Waals surface area contributed by atoms with Crippen molar-refractivity contribution in [3.05, 3.63) is 42.5 Å². The highest BCUT2D eigenvalue weighted by Crippen LogP contribution is 2.32. The van der Waals surface area contributed by atoms with Crippen molar-refractivity contribution in [2.75, 3.05) is 58.9 Å². The van der Waals surface area contributed by atoms with Gasteiger partial charge in [0.1, 0.15) is 17.9 Å². The third-order valence-electron chi connectivity index (χ3n) is 5.87. The van der Waals surface area contributed by atoms with E-state index >= 15 is 0 Å². The zero-order valence-corrected chi connectivity index (χ0v) is 20.8. The summed E-state index contributed by atoms with van der Waals surface area (Å²) >= 11 is 1.38. The molecule has 0 radical (unpaired) electrons. The van der Waals surface area contributed by atoms with Gasteiger partial charge < -0.3 is 24.4 Å². The van der Waals surface area contributed by atoms with Gasteiger partial charge in [0.05, 0.1) is 18.9 Å². The van der Waals surface area contributed by atoms with Gasteiger partial charge in [-0.1, -0.05) is 29.5 Å². The van der Waals surface area contributed by atoms with Crippen molar-refractivity contribution in [3.8, 4) is 17.2 Å². The number of nitrogens with one attached hydrogen (secondary N) is 1. The Morgan fingerprint density at radius 2 is 1.66 bits per heavy atom. The van der Waals surface area contributed by atoms with E-state index in [1.807, 2.05) is 47.4 Å². The SMILES string of the molecule is COc1ccccc1OCCN1CCN(C(=O)CCC(=O)Nc2nc3c(OC)cccc3s2)CC1. The van der Waals surface area contributed by atoms with Gasteiger partial charge in [-0.25, -0.2) is 4.98 Å². The van der Waals surface area contributed by atoms with E-state index in [2.05, 4.69) is 15.2 Å². The van der Waals surface area contributed by atoms with E-state index in [9.17, 15) is 9.59 Å². The molecule has 0 saturated carbocycles. The lowest BCUT2D eigenvalue weighted by Gasteiger charge is -2.34. The van der Waals surface area contributed by atoms with Gasteiger partial charge in [-0.3, -0.25) is 14.5 Å². The van der Waals surface area contributed by atoms with Crippen LogP contribution in [-0.2, 0) is 9.59 Å². The summed E-state index contributed by atoms with van der Waals surface area (Å²) in [5.74, 6) is 1.89. The summed E-state index contributed by atoms with van der Waals surface area (Å²) in [4.78, 5) is 33.5. The van der Waals surface area contributed by atoms with E-state index in [1.54, 1.807) is 14.2 Å². The van der Waals surface area contributed by atoms with Crippen molar-refractivity contribution in [3.63, 3.8) is 0 Å². The first-order valence-electron chi connectivity index (χ1n) is 11.6. The van der Waals surface area contributed by atoms with Crippen molar-refractivity contribution in [1.29, 1.82) is 0 Å². The summed E-state index contributed by atoms with van der Waals surface area (Å²) in [7, 11) is 3.22. The average molecular weight is 499 g/mol. The van der Waals surface area contributed by atoms with E-state index in [4.69, 9.17) is 14.2 Å². The number of carbonyl (C=O) groups is 2. The molecule has 0 aliphatic carbocycles. The molecule has 1 N–H and O–H groups in total. The number of fused-ring (bicyclic) bond motifs is 1. The smallest absolute Gasteiger partial charge is 0.226 e. The molecular weight excluding hydrogens is 468 g/mol. The standard InChI is InChI=1S/C25H30N4O5S/c1-32-18-6-3-4-7-19(18)34-17-16-28-12-14-29(15-13-28)23(31)11-10-22(30)26-25-27-24-20(33-2)8-5-9-21(24)35-25/h3-9H,10-17H2,1-2H3,(H,26,27,30). The molecule has 186 valence electrons. The predicted molar refractivity (Wildman–Crippen MR) is 136 cm³/mol. The number of aromatic nitrogens is 1. The van der Waals surface area contributed by atoms with Gasteiger partial charge in [-0.15, -0.1) is 0 Å². The Morgan fingerprint density at radius 3 is 2.40 bits per heavy atom. The molecule has 3 aromatic rings. The van der Waals surface area contributed by atoms with Crippen LogP contribution >= 0.6 is 11.3 Å². The fraction of sp³-hybridized carbons (Fsp3) is 0.400. The van der Waals surface area contributed by atoms with E-state index in [0.29, 0.717) is 30.6 Å². The summed E-state index contributed by atoms with van der Waals surface area (Å²) in [6.45, 7) is 4.17. The lowest BCUT2D eigenvalue weighted by Crippen LogP contribution is -2.49. The van der Waals surface area contributed by atoms with Crippen LogP contribution in [0.15, 0.2) is 42.5 Å². The molecule has 4 rings (SSSR count). The van der Waals surface area contributed by atoms with Gasteiger partial charge in [0.15, 0.2) is 16.6 Å². The monoisotopic (exact) mass is 498 g/mol. The minimum atomic E-state index is -0.219. The highest BCUT2D eigenvalue weighted by Gasteiger charge is 2.22. The van der Waals surface area contributed by atoms with Crippen molar-refractivity contribution < 1.29 is 23.8 Å². The fourth-order valence-corrected chi connectivity index (χ4v) is 4.85. The Morgan fingerprint density at radius 1 is 0.943 bits per heavy atom. The molecule has 0 bridgehead atoms. The summed E-state index contributed by atoms with van der Waals surface area (Å²) in [5.41, 5.74) is 0.720. The molecule has 0 spiro atoms. The molecule has 35 heavy (non-hydrogen) atoms. The maximum atomic E-state index is 12.6. The number of anilines is 1. The first-order valence-corrected chi connectivity index (χ1v) is 12.4. The molecule has 2 heterocycles. The van der Waals surface area contributed by atoms with Crippen molar-refractivity contribution in [2.45, 2.75) is 12.8 Å². The molecule has 1 fully saturated rings. The summed E-state index contributed by atoms with van der Waals surface area (Å²) in [6, 6.07) is 13.2. The van der Waals surface area contributed by atoms with E-state index in [0.717, 1.165) is 41.3 Å². The summed E-state index contributed by atoms with van der Waals surface area (Å²) < 4.78 is 17.4. The molecule has 1 aromatic heterocycles. The van der Waals surface area contributed by atoms with Crippen LogP contribution in [0.3, 0.4) is 0 Å². The van der Waals surface area contributed by atoms with Crippen LogP contribution in [0.1, 0.15) is 12.8 Å². The molecule has 1 aliphatic rings. The van der Waals surface area contributed by atoms with Gasteiger partial charge in [-0.2, -0.15) is 0 Å². The number of nitrogens with zero attached hydrogens (tertiary/aromatic N) is 3. The maximum Gasteiger partial charge on any atom is 0.226 e. The largest absolute Gasteiger partial charge is 0.494 e. The van der Waals surface area contributed by atoms with Crippen molar-refractivity contribution in [2.24, 2.45) is 0 Å². The minimum Gasteiger partial charge on any atom is -0.494 e. The molecule has 1 saturated heterocycles. The molecule has 2 amide bonds. The van der Waals surface area contributed by atoms with Crippen molar-refractivity contribution in [1.82, 2.24) is 14.8 Å². The van der Waals surface area contributed by atoms with Gasteiger partial charge in [0.2, 0.25) is 11.8 Å². The lowest BCUT2D eigenvalue weighted by molar-refractivity contribution is -0.134. The second-order valence-electron chi connectivity index (χ2n) is 8.10. The van der Waals surface area contributed by atoms with Crippen LogP contribution in [0.4, 0.5) is 5.13 Å². The number of thiazole rings is 1. The van der Waals surface area contributed by atoms with E-state index in [-0.39, 0.29) is 24.7 Å². The van der Waals surface area contributed by atoms with Crippen LogP contribution < -0.4 is 19.5 Å². The molecule has 1 aliphatic heterocycles. The molecule has 10 heteroatoms. The van der Waals surface area contributed by atoms with Crippen LogP contribution in [-0.4, -0.2) is 80.1 Å². The number of amides is 2. The van der Waals surface area contributed by atoms with Gasteiger partial charge in [-0.05, 0) is 24.3 Å². The third kappa shape index (κ3) is 6.40. The Kier molecular flexibility index (Phi) is 8.38. The third-order valence-corrected chi connectivity index (χ3v) is 6.81. The normalized spacial score (nSPS) is 14.1. The Bertz CT molecular complexity index is 1160. The molecule has 2 aromatic carbocycles. The zero-order chi connectivity index (χ0) is 24.6. The number of piperazine rings is 1. The summed E-state index contributed by atoms with van der Waals surface area (Å²) in [5, 5.41) is 3.31. The number of hydrogen-bond donors (Lipinski definition) is 1. The number of para-hydroxylation sites is 3. The van der Waals surface area contributed by atoms with Gasteiger partial charge in [0, 0.05) is 45.6 Å². The second kappa shape index (κ2) is 11.9. The van der Waals surface area contributed by atoms with E-state index < -0.39 is 0 Å². The Labute approximate surface area is 208 Å². The number of rotatable bonds is 10. The van der Waals surface area contributed by atoms with E-state index in [1.165, 1.54) is 11.3 Å². The molecule has 0 atom stereocenters. The van der Waals surface area contributed by atoms with Crippen molar-refractivity contribution >= 4 is 38.5 Å². The summed E-state index contributed by atoms with van der Waals surface area (Å²) in [6.07, 6.45) is 0.301. The van der Waals surface area contributed by atoms with Crippen LogP contribution in [0.2, 0.25) is 0 Å². The first-order chi connectivity index (χ1) is 17.1. The van der Waals surface area contributed by atoms with Crippen LogP contribution in [0.5, 0.6) is 17.2 Å². The van der Waals surface area contributed by atoms with Crippen LogP contribution in [0.25, 0.3) is 10.2 Å². The predicted octanol–water partition coefficient (Wildman–Crippen LogP) is 3.26. The Balaban J connectivity index is 1.16. The van der Waals surface area contributed by atoms with Crippen LogP contribution in [0, 0.1) is 0 Å². The topological polar surface area (TPSA) is 93.2 Å². The highest BCUT2D eigenvalue weighted by atomic mass is 32.1. The highest BCUT2D eigenvalue weighted by molar-refractivity contribution is 7.22. The maximum absolute atomic E-state index is 12.6. The number of ether oxygens (including phenoxy) is 3. The fourth-order valence-electron chi connectivity index (χ4n) is 3.95. The lowest BCUT2D eigenvalue weighted by atomic mass is 10.2. The molecular formula is C25H30N4O5S. The first kappa shape index (κ1) is 24.7.